The van der Waals surface area contributed by atoms with Crippen LogP contribution < -0.4 is 16.6 Å². The van der Waals surface area contributed by atoms with E-state index in [2.05, 4.69) is 34.6 Å². The number of nitrogen functional groups attached to an aromatic ring is 1. The quantitative estimate of drug-likeness (QED) is 0.582. The van der Waals surface area contributed by atoms with Gasteiger partial charge in [-0.25, -0.2) is 15.8 Å². The third-order valence-electron chi connectivity index (χ3n) is 4.78. The number of anilines is 2. The highest BCUT2D eigenvalue weighted by Gasteiger charge is 2.28. The van der Waals surface area contributed by atoms with Crippen LogP contribution in [0.4, 0.5) is 11.6 Å². The third-order valence-corrected chi connectivity index (χ3v) is 4.78. The average Bonchev–Trinajstić information content (AvgIpc) is 3.27. The molecule has 2 saturated carbocycles. The van der Waals surface area contributed by atoms with Crippen LogP contribution in [0.2, 0.25) is 0 Å². The maximum atomic E-state index is 5.51. The van der Waals surface area contributed by atoms with Gasteiger partial charge in [-0.15, -0.1) is 0 Å². The van der Waals surface area contributed by atoms with Crippen molar-refractivity contribution in [1.29, 1.82) is 0 Å². The van der Waals surface area contributed by atoms with Crippen LogP contribution in [0.25, 0.3) is 0 Å². The zero-order chi connectivity index (χ0) is 14.1. The molecule has 0 bridgehead atoms. The summed E-state index contributed by atoms with van der Waals surface area (Å²) in [7, 11) is 0. The lowest BCUT2D eigenvalue weighted by atomic mass is 9.79. The molecule has 2 aliphatic rings. The zero-order valence-corrected chi connectivity index (χ0v) is 12.4. The zero-order valence-electron chi connectivity index (χ0n) is 12.4. The molecule has 20 heavy (non-hydrogen) atoms. The molecule has 0 saturated heterocycles. The summed E-state index contributed by atoms with van der Waals surface area (Å²) in [5.74, 6) is 10.2. The molecule has 1 aromatic heterocycles. The molecule has 5 heteroatoms. The molecule has 3 rings (SSSR count). The summed E-state index contributed by atoms with van der Waals surface area (Å²) in [6.45, 7) is 4.70. The average molecular weight is 275 g/mol. The number of nitrogens with two attached hydrogens (primary N) is 1. The van der Waals surface area contributed by atoms with Crippen molar-refractivity contribution in [2.24, 2.45) is 17.7 Å². The van der Waals surface area contributed by atoms with Crippen molar-refractivity contribution in [3.8, 4) is 0 Å². The van der Waals surface area contributed by atoms with Gasteiger partial charge in [0, 0.05) is 18.0 Å². The Morgan fingerprint density at radius 2 is 1.80 bits per heavy atom. The first kappa shape index (κ1) is 13.6. The van der Waals surface area contributed by atoms with E-state index in [1.165, 1.54) is 32.1 Å². The van der Waals surface area contributed by atoms with Gasteiger partial charge in [-0.05, 0) is 43.9 Å². The number of aromatic nitrogens is 2. The van der Waals surface area contributed by atoms with Crippen molar-refractivity contribution >= 4 is 11.6 Å². The summed E-state index contributed by atoms with van der Waals surface area (Å²) >= 11 is 0. The molecule has 4 N–H and O–H groups in total. The Labute approximate surface area is 120 Å². The standard InChI is InChI=1S/C15H25N5/c1-9-3-6-12(7-10(9)2)17-13-8-14(20-16)19-15(18-13)11-4-5-11/h8-12H,3-7,16H2,1-2H3,(H2,17,18,19,20). The predicted molar refractivity (Wildman–Crippen MR) is 81.4 cm³/mol. The Kier molecular flexibility index (Phi) is 3.78. The van der Waals surface area contributed by atoms with Gasteiger partial charge >= 0.3 is 0 Å². The molecule has 3 unspecified atom stereocenters. The highest BCUT2D eigenvalue weighted by atomic mass is 15.3. The van der Waals surface area contributed by atoms with E-state index in [1.807, 2.05) is 6.07 Å². The number of hydrogen-bond acceptors (Lipinski definition) is 5. The molecule has 0 spiro atoms. The van der Waals surface area contributed by atoms with Gasteiger partial charge in [0.15, 0.2) is 0 Å². The fourth-order valence-corrected chi connectivity index (χ4v) is 3.03. The van der Waals surface area contributed by atoms with Crippen LogP contribution in [0.15, 0.2) is 6.07 Å². The summed E-state index contributed by atoms with van der Waals surface area (Å²) in [5, 5.41) is 3.58. The van der Waals surface area contributed by atoms with Gasteiger partial charge in [-0.1, -0.05) is 13.8 Å². The molecule has 0 aliphatic heterocycles. The second-order valence-electron chi connectivity index (χ2n) is 6.52. The molecular weight excluding hydrogens is 250 g/mol. The van der Waals surface area contributed by atoms with E-state index >= 15 is 0 Å². The lowest BCUT2D eigenvalue weighted by Crippen LogP contribution is -2.30. The number of hydrogen-bond donors (Lipinski definition) is 3. The lowest BCUT2D eigenvalue weighted by molar-refractivity contribution is 0.260. The summed E-state index contributed by atoms with van der Waals surface area (Å²) in [5.41, 5.74) is 2.65. The van der Waals surface area contributed by atoms with E-state index in [1.54, 1.807) is 0 Å². The van der Waals surface area contributed by atoms with Crippen LogP contribution >= 0.6 is 0 Å². The maximum absolute atomic E-state index is 5.51. The highest BCUT2D eigenvalue weighted by molar-refractivity contribution is 5.48. The summed E-state index contributed by atoms with van der Waals surface area (Å²) in [4.78, 5) is 9.11. The van der Waals surface area contributed by atoms with Crippen molar-refractivity contribution in [2.75, 3.05) is 10.7 Å². The summed E-state index contributed by atoms with van der Waals surface area (Å²) in [6.07, 6.45) is 6.13. The monoisotopic (exact) mass is 275 g/mol. The van der Waals surface area contributed by atoms with Gasteiger partial charge in [0.1, 0.15) is 17.5 Å². The van der Waals surface area contributed by atoms with Crippen molar-refractivity contribution in [3.05, 3.63) is 11.9 Å². The number of hydrazine groups is 1. The van der Waals surface area contributed by atoms with E-state index in [-0.39, 0.29) is 0 Å². The van der Waals surface area contributed by atoms with Crippen molar-refractivity contribution in [2.45, 2.75) is 57.9 Å². The van der Waals surface area contributed by atoms with Crippen LogP contribution in [-0.4, -0.2) is 16.0 Å². The predicted octanol–water partition coefficient (Wildman–Crippen LogP) is 2.88. The fraction of sp³-hybridized carbons (Fsp3) is 0.733. The van der Waals surface area contributed by atoms with Gasteiger partial charge in [0.2, 0.25) is 0 Å². The van der Waals surface area contributed by atoms with Crippen molar-refractivity contribution in [3.63, 3.8) is 0 Å². The lowest BCUT2D eigenvalue weighted by Gasteiger charge is -2.32. The fourth-order valence-electron chi connectivity index (χ4n) is 3.03. The van der Waals surface area contributed by atoms with Crippen LogP contribution in [0.1, 0.15) is 57.7 Å². The molecule has 5 nitrogen and oxygen atoms in total. The second-order valence-corrected chi connectivity index (χ2v) is 6.52. The number of rotatable bonds is 4. The van der Waals surface area contributed by atoms with E-state index in [9.17, 15) is 0 Å². The summed E-state index contributed by atoms with van der Waals surface area (Å²) in [6, 6.07) is 2.43. The Morgan fingerprint density at radius 1 is 1.05 bits per heavy atom. The first-order chi connectivity index (χ1) is 9.65. The minimum atomic E-state index is 0.522. The molecule has 1 heterocycles. The first-order valence-corrected chi connectivity index (χ1v) is 7.78. The number of nitrogens with zero attached hydrogens (tertiary/aromatic N) is 2. The van der Waals surface area contributed by atoms with Crippen LogP contribution in [0.5, 0.6) is 0 Å². The third kappa shape index (κ3) is 3.03. The Morgan fingerprint density at radius 3 is 2.45 bits per heavy atom. The smallest absolute Gasteiger partial charge is 0.145 e. The molecule has 2 fully saturated rings. The van der Waals surface area contributed by atoms with Crippen LogP contribution in [-0.2, 0) is 0 Å². The molecular formula is C15H25N5. The van der Waals surface area contributed by atoms with Crippen LogP contribution in [0.3, 0.4) is 0 Å². The molecule has 0 radical (unpaired) electrons. The summed E-state index contributed by atoms with van der Waals surface area (Å²) < 4.78 is 0. The van der Waals surface area contributed by atoms with E-state index < -0.39 is 0 Å². The molecule has 2 aliphatic carbocycles. The molecule has 0 aromatic carbocycles. The largest absolute Gasteiger partial charge is 0.367 e. The molecule has 0 amide bonds. The molecule has 1 aromatic rings. The minimum absolute atomic E-state index is 0.522. The van der Waals surface area contributed by atoms with Crippen molar-refractivity contribution < 1.29 is 0 Å². The highest BCUT2D eigenvalue weighted by Crippen LogP contribution is 2.39. The van der Waals surface area contributed by atoms with E-state index in [0.717, 1.165) is 23.5 Å². The van der Waals surface area contributed by atoms with Crippen LogP contribution in [0, 0.1) is 11.8 Å². The maximum Gasteiger partial charge on any atom is 0.145 e. The van der Waals surface area contributed by atoms with E-state index in [4.69, 9.17) is 5.84 Å². The first-order valence-electron chi connectivity index (χ1n) is 7.78. The normalized spacial score (nSPS) is 30.1. The minimum Gasteiger partial charge on any atom is -0.367 e. The molecule has 3 atom stereocenters. The van der Waals surface area contributed by atoms with E-state index in [0.29, 0.717) is 17.8 Å². The Bertz CT molecular complexity index is 471. The molecule has 110 valence electrons. The Balaban J connectivity index is 1.71. The Hall–Kier alpha value is -1.36. The van der Waals surface area contributed by atoms with Gasteiger partial charge in [-0.3, -0.25) is 0 Å². The topological polar surface area (TPSA) is 75.9 Å². The van der Waals surface area contributed by atoms with Gasteiger partial charge in [0.05, 0.1) is 0 Å². The van der Waals surface area contributed by atoms with Gasteiger partial charge in [-0.2, -0.15) is 0 Å². The second kappa shape index (κ2) is 5.56. The number of nitrogens with one attached hydrogen (secondary N) is 2. The van der Waals surface area contributed by atoms with Crippen molar-refractivity contribution in [1.82, 2.24) is 9.97 Å². The van der Waals surface area contributed by atoms with Gasteiger partial charge in [0.25, 0.3) is 0 Å². The SMILES string of the molecule is CC1CCC(Nc2cc(NN)nc(C3CC3)n2)CC1C. The van der Waals surface area contributed by atoms with Gasteiger partial charge < -0.3 is 10.7 Å².